The van der Waals surface area contributed by atoms with E-state index in [0.29, 0.717) is 0 Å². The van der Waals surface area contributed by atoms with E-state index < -0.39 is 0 Å². The summed E-state index contributed by atoms with van der Waals surface area (Å²) in [6.07, 6.45) is 0. The molecular weight excluding hydrogens is 278 g/mol. The van der Waals surface area contributed by atoms with Crippen LogP contribution in [0.4, 0.5) is 11.4 Å². The van der Waals surface area contributed by atoms with Crippen molar-refractivity contribution in [2.75, 3.05) is 5.32 Å². The van der Waals surface area contributed by atoms with E-state index in [1.165, 1.54) is 33.5 Å². The fraction of sp³-hybridized carbons (Fsp3) is 0.182. The smallest absolute Gasteiger partial charge is 0.0431 e. The first-order chi connectivity index (χ1) is 11.1. The summed E-state index contributed by atoms with van der Waals surface area (Å²) in [7, 11) is 0. The first-order valence-electron chi connectivity index (χ1n) is 8.14. The van der Waals surface area contributed by atoms with Crippen LogP contribution < -0.4 is 5.32 Å². The van der Waals surface area contributed by atoms with Crippen LogP contribution in [0, 0.1) is 6.92 Å². The van der Waals surface area contributed by atoms with Crippen LogP contribution in [0.3, 0.4) is 0 Å². The summed E-state index contributed by atoms with van der Waals surface area (Å²) in [6.45, 7) is 6.75. The maximum absolute atomic E-state index is 3.62. The van der Waals surface area contributed by atoms with Gasteiger partial charge in [0.2, 0.25) is 0 Å². The molecule has 114 valence electrons. The molecule has 0 aliphatic heterocycles. The van der Waals surface area contributed by atoms with Crippen molar-refractivity contribution < 1.29 is 0 Å². The van der Waals surface area contributed by atoms with Gasteiger partial charge in [0, 0.05) is 16.8 Å². The molecule has 0 aromatic heterocycles. The normalized spacial score (nSPS) is 14.2. The van der Waals surface area contributed by atoms with E-state index in [0.717, 1.165) is 5.69 Å². The van der Waals surface area contributed by atoms with E-state index in [9.17, 15) is 0 Å². The summed E-state index contributed by atoms with van der Waals surface area (Å²) in [5.74, 6) is 0. The number of rotatable bonds is 2. The molecule has 0 saturated carbocycles. The molecule has 1 heteroatoms. The van der Waals surface area contributed by atoms with Crippen LogP contribution in [0.15, 0.2) is 66.7 Å². The maximum atomic E-state index is 3.62. The van der Waals surface area contributed by atoms with E-state index in [1.54, 1.807) is 0 Å². The zero-order valence-electron chi connectivity index (χ0n) is 13.9. The molecule has 0 bridgehead atoms. The molecular formula is C22H21N. The highest BCUT2D eigenvalue weighted by Crippen LogP contribution is 2.51. The molecule has 1 aliphatic rings. The Balaban J connectivity index is 1.85. The van der Waals surface area contributed by atoms with Gasteiger partial charge in [-0.15, -0.1) is 0 Å². The lowest BCUT2D eigenvalue weighted by Gasteiger charge is -2.24. The van der Waals surface area contributed by atoms with Gasteiger partial charge in [-0.1, -0.05) is 67.9 Å². The van der Waals surface area contributed by atoms with Gasteiger partial charge in [-0.25, -0.2) is 0 Å². The van der Waals surface area contributed by atoms with Crippen LogP contribution >= 0.6 is 0 Å². The predicted octanol–water partition coefficient (Wildman–Crippen LogP) is 6.04. The second kappa shape index (κ2) is 4.99. The van der Waals surface area contributed by atoms with Crippen molar-refractivity contribution in [1.29, 1.82) is 0 Å². The third kappa shape index (κ3) is 2.16. The van der Waals surface area contributed by atoms with Crippen LogP contribution in [-0.4, -0.2) is 0 Å². The highest BCUT2D eigenvalue weighted by molar-refractivity contribution is 5.86. The minimum Gasteiger partial charge on any atom is -0.355 e. The maximum Gasteiger partial charge on any atom is 0.0431 e. The minimum atomic E-state index is 0.0141. The first-order valence-corrected chi connectivity index (χ1v) is 8.14. The number of anilines is 2. The highest BCUT2D eigenvalue weighted by Gasteiger charge is 2.37. The monoisotopic (exact) mass is 299 g/mol. The first kappa shape index (κ1) is 14.1. The van der Waals surface area contributed by atoms with Gasteiger partial charge >= 0.3 is 0 Å². The fourth-order valence-corrected chi connectivity index (χ4v) is 3.74. The van der Waals surface area contributed by atoms with E-state index in [2.05, 4.69) is 92.8 Å². The Kier molecular flexibility index (Phi) is 3.05. The third-order valence-corrected chi connectivity index (χ3v) is 4.91. The summed E-state index contributed by atoms with van der Waals surface area (Å²) < 4.78 is 0. The van der Waals surface area contributed by atoms with Gasteiger partial charge in [-0.05, 0) is 47.4 Å². The quantitative estimate of drug-likeness (QED) is 0.608. The Morgan fingerprint density at radius 2 is 1.43 bits per heavy atom. The summed E-state index contributed by atoms with van der Waals surface area (Å²) in [6, 6.07) is 23.9. The molecule has 1 nitrogen and oxygen atoms in total. The molecule has 3 aromatic carbocycles. The van der Waals surface area contributed by atoms with Crippen LogP contribution in [0.25, 0.3) is 11.1 Å². The largest absolute Gasteiger partial charge is 0.355 e. The van der Waals surface area contributed by atoms with Gasteiger partial charge in [-0.3, -0.25) is 0 Å². The molecule has 0 radical (unpaired) electrons. The number of hydrogen-bond donors (Lipinski definition) is 1. The second-order valence-corrected chi connectivity index (χ2v) is 6.89. The van der Waals surface area contributed by atoms with E-state index in [4.69, 9.17) is 0 Å². The molecule has 0 amide bonds. The molecule has 4 rings (SSSR count). The standard InChI is InChI=1S/C22H21N/c1-15-11-13-16(14-12-15)23-20-10-6-8-18-17-7-4-5-9-19(17)22(2,3)21(18)20/h4-14,23H,1-3H3. The third-order valence-electron chi connectivity index (χ3n) is 4.91. The van der Waals surface area contributed by atoms with Crippen LogP contribution in [0.5, 0.6) is 0 Å². The molecule has 0 spiro atoms. The number of aryl methyl sites for hydroxylation is 1. The minimum absolute atomic E-state index is 0.0141. The number of nitrogens with one attached hydrogen (secondary N) is 1. The average molecular weight is 299 g/mol. The van der Waals surface area contributed by atoms with Gasteiger partial charge in [0.1, 0.15) is 0 Å². The van der Waals surface area contributed by atoms with E-state index >= 15 is 0 Å². The highest BCUT2D eigenvalue weighted by atomic mass is 14.9. The number of benzene rings is 3. The van der Waals surface area contributed by atoms with E-state index in [-0.39, 0.29) is 5.41 Å². The summed E-state index contributed by atoms with van der Waals surface area (Å²) in [5, 5.41) is 3.62. The Hall–Kier alpha value is -2.54. The Labute approximate surface area is 138 Å². The van der Waals surface area contributed by atoms with Crippen molar-refractivity contribution in [2.24, 2.45) is 0 Å². The molecule has 1 N–H and O–H groups in total. The lowest BCUT2D eigenvalue weighted by Crippen LogP contribution is -2.16. The molecule has 1 aliphatic carbocycles. The molecule has 0 fully saturated rings. The molecule has 0 unspecified atom stereocenters. The SMILES string of the molecule is Cc1ccc(Nc2cccc3c2C(C)(C)c2ccccc2-3)cc1. The van der Waals surface area contributed by atoms with Gasteiger partial charge in [-0.2, -0.15) is 0 Å². The fourth-order valence-electron chi connectivity index (χ4n) is 3.74. The van der Waals surface area contributed by atoms with Gasteiger partial charge in [0.15, 0.2) is 0 Å². The van der Waals surface area contributed by atoms with Gasteiger partial charge in [0.25, 0.3) is 0 Å². The number of hydrogen-bond acceptors (Lipinski definition) is 1. The van der Waals surface area contributed by atoms with Crippen molar-refractivity contribution in [1.82, 2.24) is 0 Å². The van der Waals surface area contributed by atoms with Crippen molar-refractivity contribution in [3.05, 3.63) is 83.4 Å². The molecule has 23 heavy (non-hydrogen) atoms. The lowest BCUT2D eigenvalue weighted by molar-refractivity contribution is 0.662. The second-order valence-electron chi connectivity index (χ2n) is 6.89. The topological polar surface area (TPSA) is 12.0 Å². The Morgan fingerprint density at radius 3 is 2.22 bits per heavy atom. The summed E-state index contributed by atoms with van der Waals surface area (Å²) in [4.78, 5) is 0. The lowest BCUT2D eigenvalue weighted by atomic mass is 9.81. The predicted molar refractivity (Wildman–Crippen MR) is 98.5 cm³/mol. The number of fused-ring (bicyclic) bond motifs is 3. The zero-order chi connectivity index (χ0) is 16.0. The Bertz CT molecular complexity index is 873. The van der Waals surface area contributed by atoms with Crippen molar-refractivity contribution in [2.45, 2.75) is 26.2 Å². The van der Waals surface area contributed by atoms with Crippen LogP contribution in [0.1, 0.15) is 30.5 Å². The Morgan fingerprint density at radius 1 is 0.739 bits per heavy atom. The van der Waals surface area contributed by atoms with Crippen molar-refractivity contribution in [3.8, 4) is 11.1 Å². The summed E-state index contributed by atoms with van der Waals surface area (Å²) >= 11 is 0. The van der Waals surface area contributed by atoms with E-state index in [1.807, 2.05) is 0 Å². The van der Waals surface area contributed by atoms with Crippen molar-refractivity contribution in [3.63, 3.8) is 0 Å². The molecule has 0 heterocycles. The van der Waals surface area contributed by atoms with Gasteiger partial charge < -0.3 is 5.32 Å². The molecule has 0 atom stereocenters. The van der Waals surface area contributed by atoms with Crippen LogP contribution in [-0.2, 0) is 5.41 Å². The van der Waals surface area contributed by atoms with Gasteiger partial charge in [0.05, 0.1) is 0 Å². The van der Waals surface area contributed by atoms with Crippen LogP contribution in [0.2, 0.25) is 0 Å². The summed E-state index contributed by atoms with van der Waals surface area (Å²) in [5.41, 5.74) is 9.14. The molecule has 0 saturated heterocycles. The average Bonchev–Trinajstić information content (AvgIpc) is 2.79. The zero-order valence-corrected chi connectivity index (χ0v) is 13.9. The molecule has 3 aromatic rings. The van der Waals surface area contributed by atoms with Crippen molar-refractivity contribution >= 4 is 11.4 Å².